The standard InChI is InChI=1S/C15H15N3/c16-8-13-3-1-2-12-5-4-11(7-15(12)13)6-14-9-17-10-18-14/h3-4,7,9-10,12H,1-2,5-6H2,(H,17,18). The molecule has 3 heteroatoms. The lowest BCUT2D eigenvalue weighted by Gasteiger charge is -2.26. The molecule has 1 aromatic rings. The maximum absolute atomic E-state index is 9.18. The van der Waals surface area contributed by atoms with Gasteiger partial charge in [-0.25, -0.2) is 4.98 Å². The van der Waals surface area contributed by atoms with Gasteiger partial charge in [0.05, 0.1) is 18.0 Å². The molecule has 0 radical (unpaired) electrons. The van der Waals surface area contributed by atoms with Crippen LogP contribution in [0.4, 0.5) is 0 Å². The number of aromatic nitrogens is 2. The van der Waals surface area contributed by atoms with E-state index < -0.39 is 0 Å². The minimum absolute atomic E-state index is 0.551. The van der Waals surface area contributed by atoms with Gasteiger partial charge in [0.1, 0.15) is 0 Å². The number of nitrogens with zero attached hydrogens (tertiary/aromatic N) is 2. The van der Waals surface area contributed by atoms with Crippen molar-refractivity contribution in [2.45, 2.75) is 25.7 Å². The Balaban J connectivity index is 1.85. The third-order valence-electron chi connectivity index (χ3n) is 3.69. The molecule has 0 saturated carbocycles. The average Bonchev–Trinajstić information content (AvgIpc) is 2.91. The molecule has 3 rings (SSSR count). The highest BCUT2D eigenvalue weighted by atomic mass is 14.9. The molecule has 0 saturated heterocycles. The first-order valence-corrected chi connectivity index (χ1v) is 6.35. The topological polar surface area (TPSA) is 52.5 Å². The van der Waals surface area contributed by atoms with E-state index in [-0.39, 0.29) is 0 Å². The molecule has 0 amide bonds. The van der Waals surface area contributed by atoms with Crippen LogP contribution >= 0.6 is 0 Å². The van der Waals surface area contributed by atoms with Gasteiger partial charge in [-0.3, -0.25) is 0 Å². The molecule has 1 aromatic heterocycles. The quantitative estimate of drug-likeness (QED) is 0.859. The summed E-state index contributed by atoms with van der Waals surface area (Å²) in [6, 6.07) is 2.33. The second kappa shape index (κ2) is 4.66. The van der Waals surface area contributed by atoms with Crippen molar-refractivity contribution in [3.63, 3.8) is 0 Å². The Labute approximate surface area is 107 Å². The summed E-state index contributed by atoms with van der Waals surface area (Å²) < 4.78 is 0. The van der Waals surface area contributed by atoms with Crippen molar-refractivity contribution < 1.29 is 0 Å². The molecule has 1 unspecified atom stereocenters. The number of nitriles is 1. The number of H-pyrrole nitrogens is 1. The summed E-state index contributed by atoms with van der Waals surface area (Å²) in [7, 11) is 0. The van der Waals surface area contributed by atoms with E-state index in [2.05, 4.69) is 34.3 Å². The maximum atomic E-state index is 9.18. The van der Waals surface area contributed by atoms with Crippen molar-refractivity contribution >= 4 is 0 Å². The molecule has 3 nitrogen and oxygen atoms in total. The smallest absolute Gasteiger partial charge is 0.0991 e. The first-order chi connectivity index (χ1) is 8.86. The molecule has 1 N–H and O–H groups in total. The highest BCUT2D eigenvalue weighted by molar-refractivity contribution is 5.50. The fraction of sp³-hybridized carbons (Fsp3) is 0.333. The third kappa shape index (κ3) is 2.02. The number of imidazole rings is 1. The van der Waals surface area contributed by atoms with E-state index >= 15 is 0 Å². The van der Waals surface area contributed by atoms with Gasteiger partial charge in [-0.2, -0.15) is 5.26 Å². The Bertz CT molecular complexity index is 567. The first-order valence-electron chi connectivity index (χ1n) is 6.35. The summed E-state index contributed by atoms with van der Waals surface area (Å²) in [4.78, 5) is 7.15. The number of hydrogen-bond acceptors (Lipinski definition) is 2. The lowest BCUT2D eigenvalue weighted by molar-refractivity contribution is 0.556. The Morgan fingerprint density at radius 3 is 3.17 bits per heavy atom. The van der Waals surface area contributed by atoms with E-state index in [0.717, 1.165) is 30.5 Å². The summed E-state index contributed by atoms with van der Waals surface area (Å²) in [5.41, 5.74) is 4.52. The van der Waals surface area contributed by atoms with Crippen LogP contribution in [0, 0.1) is 17.2 Å². The van der Waals surface area contributed by atoms with Gasteiger partial charge in [-0.15, -0.1) is 0 Å². The zero-order chi connectivity index (χ0) is 12.4. The molecule has 18 heavy (non-hydrogen) atoms. The van der Waals surface area contributed by atoms with Crippen molar-refractivity contribution in [2.75, 3.05) is 0 Å². The number of rotatable bonds is 2. The van der Waals surface area contributed by atoms with E-state index in [1.165, 1.54) is 17.6 Å². The maximum Gasteiger partial charge on any atom is 0.0991 e. The van der Waals surface area contributed by atoms with Crippen LogP contribution in [0.1, 0.15) is 25.0 Å². The number of aromatic amines is 1. The van der Waals surface area contributed by atoms with Gasteiger partial charge in [-0.1, -0.05) is 18.2 Å². The summed E-state index contributed by atoms with van der Waals surface area (Å²) in [5.74, 6) is 0.551. The molecule has 0 bridgehead atoms. The average molecular weight is 237 g/mol. The van der Waals surface area contributed by atoms with Crippen LogP contribution in [0.15, 0.2) is 47.5 Å². The Morgan fingerprint density at radius 1 is 1.44 bits per heavy atom. The lowest BCUT2D eigenvalue weighted by atomic mass is 9.77. The van der Waals surface area contributed by atoms with Gasteiger partial charge < -0.3 is 4.98 Å². The van der Waals surface area contributed by atoms with Gasteiger partial charge in [0.25, 0.3) is 0 Å². The second-order valence-electron chi connectivity index (χ2n) is 4.87. The van der Waals surface area contributed by atoms with E-state index in [9.17, 15) is 5.26 Å². The number of nitrogens with one attached hydrogen (secondary N) is 1. The van der Waals surface area contributed by atoms with E-state index in [1.54, 1.807) is 6.33 Å². The van der Waals surface area contributed by atoms with Crippen molar-refractivity contribution in [1.82, 2.24) is 9.97 Å². The predicted octanol–water partition coefficient (Wildman–Crippen LogP) is 3.07. The molecule has 1 heterocycles. The summed E-state index contributed by atoms with van der Waals surface area (Å²) in [5, 5.41) is 9.18. The number of fused-ring (bicyclic) bond motifs is 1. The van der Waals surface area contributed by atoms with Crippen molar-refractivity contribution in [3.05, 3.63) is 53.2 Å². The fourth-order valence-electron chi connectivity index (χ4n) is 2.75. The Hall–Kier alpha value is -2.08. The molecule has 0 fully saturated rings. The van der Waals surface area contributed by atoms with Crippen LogP contribution < -0.4 is 0 Å². The van der Waals surface area contributed by atoms with E-state index in [0.29, 0.717) is 5.92 Å². The number of hydrogen-bond donors (Lipinski definition) is 1. The van der Waals surface area contributed by atoms with E-state index in [1.807, 2.05) is 6.20 Å². The highest BCUT2D eigenvalue weighted by Gasteiger charge is 2.23. The second-order valence-corrected chi connectivity index (χ2v) is 4.87. The molecule has 0 aromatic carbocycles. The Kier molecular flexibility index (Phi) is 2.85. The molecule has 90 valence electrons. The molecule has 2 aliphatic carbocycles. The van der Waals surface area contributed by atoms with Crippen LogP contribution in [-0.2, 0) is 6.42 Å². The SMILES string of the molecule is N#CC1=CCCC2CC=C(Cc3cnc[nH]3)C=C12. The van der Waals surface area contributed by atoms with E-state index in [4.69, 9.17) is 0 Å². The van der Waals surface area contributed by atoms with Crippen molar-refractivity contribution in [1.29, 1.82) is 5.26 Å². The zero-order valence-corrected chi connectivity index (χ0v) is 10.2. The molecule has 2 aliphatic rings. The number of allylic oxidation sites excluding steroid dienone is 6. The van der Waals surface area contributed by atoms with Gasteiger partial charge in [0, 0.05) is 18.3 Å². The van der Waals surface area contributed by atoms with Crippen molar-refractivity contribution in [3.8, 4) is 6.07 Å². The van der Waals surface area contributed by atoms with Crippen LogP contribution in [0.5, 0.6) is 0 Å². The minimum Gasteiger partial charge on any atom is -0.348 e. The highest BCUT2D eigenvalue weighted by Crippen LogP contribution is 2.36. The van der Waals surface area contributed by atoms with Gasteiger partial charge >= 0.3 is 0 Å². The Morgan fingerprint density at radius 2 is 2.39 bits per heavy atom. The van der Waals surface area contributed by atoms with Crippen molar-refractivity contribution in [2.24, 2.45) is 5.92 Å². The molecule has 0 aliphatic heterocycles. The lowest BCUT2D eigenvalue weighted by Crippen LogP contribution is -2.13. The monoisotopic (exact) mass is 237 g/mol. The molecule has 0 spiro atoms. The molecular weight excluding hydrogens is 222 g/mol. The third-order valence-corrected chi connectivity index (χ3v) is 3.69. The zero-order valence-electron chi connectivity index (χ0n) is 10.2. The van der Waals surface area contributed by atoms with Gasteiger partial charge in [0.2, 0.25) is 0 Å². The van der Waals surface area contributed by atoms with Gasteiger partial charge in [-0.05, 0) is 36.3 Å². The first kappa shape index (κ1) is 11.0. The van der Waals surface area contributed by atoms with Crippen LogP contribution in [0.3, 0.4) is 0 Å². The van der Waals surface area contributed by atoms with Crippen LogP contribution in [0.25, 0.3) is 0 Å². The molecule has 1 atom stereocenters. The summed E-state index contributed by atoms with van der Waals surface area (Å²) in [6.07, 6.45) is 14.3. The molecular formula is C15H15N3. The largest absolute Gasteiger partial charge is 0.348 e. The predicted molar refractivity (Wildman–Crippen MR) is 69.5 cm³/mol. The van der Waals surface area contributed by atoms with Crippen LogP contribution in [0.2, 0.25) is 0 Å². The fourth-order valence-corrected chi connectivity index (χ4v) is 2.75. The summed E-state index contributed by atoms with van der Waals surface area (Å²) >= 11 is 0. The summed E-state index contributed by atoms with van der Waals surface area (Å²) in [6.45, 7) is 0. The normalized spacial score (nSPS) is 22.4. The minimum atomic E-state index is 0.551. The van der Waals surface area contributed by atoms with Gasteiger partial charge in [0.15, 0.2) is 0 Å². The van der Waals surface area contributed by atoms with Crippen LogP contribution in [-0.4, -0.2) is 9.97 Å².